The Morgan fingerprint density at radius 3 is 2.81 bits per heavy atom. The fourth-order valence-electron chi connectivity index (χ4n) is 4.11. The van der Waals surface area contributed by atoms with Crippen LogP contribution in [0.4, 0.5) is 6.01 Å². The molecule has 5 rings (SSSR count). The molecule has 1 aliphatic heterocycles. The van der Waals surface area contributed by atoms with Crippen molar-refractivity contribution in [2.24, 2.45) is 5.41 Å². The number of aromatic nitrogens is 4. The first-order valence-corrected chi connectivity index (χ1v) is 9.52. The normalized spacial score (nSPS) is 27.3. The summed E-state index contributed by atoms with van der Waals surface area (Å²) in [5, 5.41) is 18.3. The van der Waals surface area contributed by atoms with E-state index in [0.717, 1.165) is 38.0 Å². The summed E-state index contributed by atoms with van der Waals surface area (Å²) in [6.07, 6.45) is 7.77. The Bertz CT molecular complexity index is 786. The second-order valence-electron chi connectivity index (χ2n) is 8.08. The summed E-state index contributed by atoms with van der Waals surface area (Å²) in [5.41, 5.74) is 1.61. The Labute approximate surface area is 151 Å². The van der Waals surface area contributed by atoms with Gasteiger partial charge in [-0.3, -0.25) is 9.89 Å². The summed E-state index contributed by atoms with van der Waals surface area (Å²) in [6.45, 7) is 3.60. The first-order chi connectivity index (χ1) is 12.6. The standard InChI is InChI=1S/C18H24N6O2/c1-11(16(25)24-8-5-18(3-4-18)6-9-24)20-17-23-22-15(26-17)13-10-12(13)14-2-7-19-21-14/h2,7,11-13H,3-6,8-10H2,1H3,(H,19,21)(H,20,23)/t11-,12?,13?/m0/s1. The summed E-state index contributed by atoms with van der Waals surface area (Å²) < 4.78 is 5.75. The van der Waals surface area contributed by atoms with E-state index in [1.807, 2.05) is 24.1 Å². The average molecular weight is 356 g/mol. The molecule has 3 aliphatic rings. The number of anilines is 1. The Morgan fingerprint density at radius 1 is 1.31 bits per heavy atom. The molecule has 3 atom stereocenters. The number of likely N-dealkylation sites (tertiary alicyclic amines) is 1. The van der Waals surface area contributed by atoms with Crippen molar-refractivity contribution in [1.82, 2.24) is 25.3 Å². The minimum absolute atomic E-state index is 0.112. The smallest absolute Gasteiger partial charge is 0.316 e. The topological polar surface area (TPSA) is 99.9 Å². The highest BCUT2D eigenvalue weighted by Gasteiger charge is 2.46. The number of H-pyrrole nitrogens is 1. The summed E-state index contributed by atoms with van der Waals surface area (Å²) in [4.78, 5) is 14.6. The molecule has 3 fully saturated rings. The van der Waals surface area contributed by atoms with Crippen LogP contribution >= 0.6 is 0 Å². The highest BCUT2D eigenvalue weighted by Crippen LogP contribution is 2.54. The molecular formula is C18H24N6O2. The van der Waals surface area contributed by atoms with Crippen LogP contribution in [0.1, 0.15) is 62.4 Å². The molecule has 0 radical (unpaired) electrons. The number of piperidine rings is 1. The van der Waals surface area contributed by atoms with Gasteiger partial charge in [0, 0.05) is 31.1 Å². The van der Waals surface area contributed by atoms with Gasteiger partial charge in [0.15, 0.2) is 0 Å². The molecule has 2 unspecified atom stereocenters. The first kappa shape index (κ1) is 15.8. The number of hydrogen-bond acceptors (Lipinski definition) is 6. The second-order valence-corrected chi connectivity index (χ2v) is 8.08. The zero-order valence-corrected chi connectivity index (χ0v) is 14.9. The second kappa shape index (κ2) is 5.82. The minimum atomic E-state index is -0.363. The fraction of sp³-hybridized carbons (Fsp3) is 0.667. The quantitative estimate of drug-likeness (QED) is 0.852. The average Bonchev–Trinajstić information content (AvgIpc) is 3.48. The molecule has 2 saturated carbocycles. The molecule has 8 heteroatoms. The SMILES string of the molecule is C[C@H](Nc1nnc(C2CC2c2cc[nH]n2)o1)C(=O)N1CCC2(CC1)CC2. The maximum Gasteiger partial charge on any atom is 0.316 e. The Morgan fingerprint density at radius 2 is 2.12 bits per heavy atom. The third-order valence-corrected chi connectivity index (χ3v) is 6.25. The predicted octanol–water partition coefficient (Wildman–Crippen LogP) is 2.27. The van der Waals surface area contributed by atoms with E-state index >= 15 is 0 Å². The molecule has 1 spiro atoms. The maximum atomic E-state index is 12.7. The Balaban J connectivity index is 1.16. The molecule has 2 aliphatic carbocycles. The Kier molecular flexibility index (Phi) is 3.55. The lowest BCUT2D eigenvalue weighted by Gasteiger charge is -2.33. The minimum Gasteiger partial charge on any atom is -0.408 e. The van der Waals surface area contributed by atoms with Gasteiger partial charge in [-0.1, -0.05) is 5.10 Å². The lowest BCUT2D eigenvalue weighted by atomic mass is 9.93. The largest absolute Gasteiger partial charge is 0.408 e. The van der Waals surface area contributed by atoms with E-state index in [-0.39, 0.29) is 17.9 Å². The van der Waals surface area contributed by atoms with E-state index in [9.17, 15) is 4.79 Å². The highest BCUT2D eigenvalue weighted by atomic mass is 16.4. The van der Waals surface area contributed by atoms with Gasteiger partial charge in [0.05, 0.1) is 5.69 Å². The monoisotopic (exact) mass is 356 g/mol. The number of carbonyl (C=O) groups is 1. The molecule has 1 amide bonds. The highest BCUT2D eigenvalue weighted by molar-refractivity contribution is 5.83. The van der Waals surface area contributed by atoms with E-state index in [2.05, 4.69) is 25.7 Å². The van der Waals surface area contributed by atoms with Crippen molar-refractivity contribution in [3.63, 3.8) is 0 Å². The van der Waals surface area contributed by atoms with E-state index < -0.39 is 0 Å². The van der Waals surface area contributed by atoms with Crippen LogP contribution in [0.15, 0.2) is 16.7 Å². The van der Waals surface area contributed by atoms with Crippen LogP contribution in [-0.2, 0) is 4.79 Å². The number of amides is 1. The van der Waals surface area contributed by atoms with Crippen molar-refractivity contribution in [3.05, 3.63) is 23.8 Å². The van der Waals surface area contributed by atoms with E-state index in [1.165, 1.54) is 12.8 Å². The van der Waals surface area contributed by atoms with Gasteiger partial charge in [-0.25, -0.2) is 0 Å². The van der Waals surface area contributed by atoms with E-state index in [1.54, 1.807) is 0 Å². The molecule has 0 bridgehead atoms. The zero-order chi connectivity index (χ0) is 17.7. The van der Waals surface area contributed by atoms with Gasteiger partial charge in [-0.05, 0) is 50.5 Å². The van der Waals surface area contributed by atoms with Crippen LogP contribution in [0.2, 0.25) is 0 Å². The summed E-state index contributed by atoms with van der Waals surface area (Å²) in [5.74, 6) is 1.30. The van der Waals surface area contributed by atoms with Crippen LogP contribution in [-0.4, -0.2) is 50.3 Å². The lowest BCUT2D eigenvalue weighted by Crippen LogP contribution is -2.45. The van der Waals surface area contributed by atoms with E-state index in [4.69, 9.17) is 4.42 Å². The fourth-order valence-corrected chi connectivity index (χ4v) is 4.11. The number of nitrogens with zero attached hydrogens (tertiary/aromatic N) is 4. The van der Waals surface area contributed by atoms with E-state index in [0.29, 0.717) is 23.2 Å². The summed E-state index contributed by atoms with van der Waals surface area (Å²) >= 11 is 0. The number of carbonyl (C=O) groups excluding carboxylic acids is 1. The van der Waals surface area contributed by atoms with Gasteiger partial charge in [0.2, 0.25) is 11.8 Å². The third kappa shape index (κ3) is 2.87. The molecule has 0 aromatic carbocycles. The summed E-state index contributed by atoms with van der Waals surface area (Å²) in [7, 11) is 0. The van der Waals surface area contributed by atoms with Gasteiger partial charge in [0.25, 0.3) is 0 Å². The first-order valence-electron chi connectivity index (χ1n) is 9.52. The molecule has 26 heavy (non-hydrogen) atoms. The molecule has 1 saturated heterocycles. The van der Waals surface area contributed by atoms with Crippen LogP contribution < -0.4 is 5.32 Å². The van der Waals surface area contributed by atoms with Crippen LogP contribution in [0.5, 0.6) is 0 Å². The van der Waals surface area contributed by atoms with Crippen molar-refractivity contribution in [2.75, 3.05) is 18.4 Å². The third-order valence-electron chi connectivity index (χ3n) is 6.25. The van der Waals surface area contributed by atoms with Crippen molar-refractivity contribution in [1.29, 1.82) is 0 Å². The van der Waals surface area contributed by atoms with Crippen molar-refractivity contribution < 1.29 is 9.21 Å². The lowest BCUT2D eigenvalue weighted by molar-refractivity contribution is -0.133. The molecule has 2 aromatic rings. The maximum absolute atomic E-state index is 12.7. The van der Waals surface area contributed by atoms with Crippen LogP contribution in [0.25, 0.3) is 0 Å². The van der Waals surface area contributed by atoms with Gasteiger partial charge in [-0.2, -0.15) is 5.10 Å². The van der Waals surface area contributed by atoms with Gasteiger partial charge in [-0.15, -0.1) is 5.10 Å². The molecule has 2 aromatic heterocycles. The number of rotatable bonds is 5. The Hall–Kier alpha value is -2.38. The van der Waals surface area contributed by atoms with Gasteiger partial charge in [0.1, 0.15) is 6.04 Å². The molecule has 3 heterocycles. The molecule has 138 valence electrons. The van der Waals surface area contributed by atoms with Crippen molar-refractivity contribution in [2.45, 2.75) is 56.9 Å². The number of aromatic amines is 1. The zero-order valence-electron chi connectivity index (χ0n) is 14.9. The number of nitrogens with one attached hydrogen (secondary N) is 2. The van der Waals surface area contributed by atoms with Crippen LogP contribution in [0, 0.1) is 5.41 Å². The van der Waals surface area contributed by atoms with Gasteiger partial charge < -0.3 is 14.6 Å². The summed E-state index contributed by atoms with van der Waals surface area (Å²) in [6, 6.07) is 1.94. The van der Waals surface area contributed by atoms with Crippen LogP contribution in [0.3, 0.4) is 0 Å². The van der Waals surface area contributed by atoms with Crippen molar-refractivity contribution >= 4 is 11.9 Å². The molecular weight excluding hydrogens is 332 g/mol. The number of hydrogen-bond donors (Lipinski definition) is 2. The van der Waals surface area contributed by atoms with Gasteiger partial charge >= 0.3 is 6.01 Å². The predicted molar refractivity (Wildman–Crippen MR) is 93.6 cm³/mol. The molecule has 8 nitrogen and oxygen atoms in total. The van der Waals surface area contributed by atoms with Crippen molar-refractivity contribution in [3.8, 4) is 0 Å². The molecule has 2 N–H and O–H groups in total.